The Labute approximate surface area is 134 Å². The molecule has 0 aromatic carbocycles. The molecule has 1 fully saturated rings. The number of amides is 1. The quantitative estimate of drug-likeness (QED) is 0.941. The van der Waals surface area contributed by atoms with E-state index in [9.17, 15) is 4.79 Å². The van der Waals surface area contributed by atoms with E-state index in [4.69, 9.17) is 4.52 Å². The minimum atomic E-state index is 0.0525. The zero-order chi connectivity index (χ0) is 15.7. The van der Waals surface area contributed by atoms with Crippen molar-refractivity contribution in [1.82, 2.24) is 15.4 Å². The number of hydrogen-bond donors (Lipinski definition) is 1. The lowest BCUT2D eigenvalue weighted by Gasteiger charge is -2.16. The first-order valence-electron chi connectivity index (χ1n) is 7.53. The van der Waals surface area contributed by atoms with Gasteiger partial charge in [-0.15, -0.1) is 11.3 Å². The molecule has 1 aliphatic rings. The second-order valence-electron chi connectivity index (χ2n) is 5.93. The van der Waals surface area contributed by atoms with Crippen molar-refractivity contribution >= 4 is 17.2 Å². The number of aryl methyl sites for hydroxylation is 3. The van der Waals surface area contributed by atoms with E-state index >= 15 is 0 Å². The molecule has 1 atom stereocenters. The van der Waals surface area contributed by atoms with Gasteiger partial charge in [0.2, 0.25) is 0 Å². The lowest BCUT2D eigenvalue weighted by molar-refractivity contribution is 0.0941. The van der Waals surface area contributed by atoms with Crippen LogP contribution in [0.15, 0.2) is 16.0 Å². The Morgan fingerprint density at radius 2 is 2.32 bits per heavy atom. The third-order valence-electron chi connectivity index (χ3n) is 4.24. The fraction of sp³-hybridized carbons (Fsp3) is 0.500. The third-order valence-corrected chi connectivity index (χ3v) is 5.25. The van der Waals surface area contributed by atoms with Crippen molar-refractivity contribution in [2.75, 3.05) is 13.1 Å². The Balaban J connectivity index is 1.57. The topological polar surface area (TPSA) is 58.4 Å². The zero-order valence-electron chi connectivity index (χ0n) is 13.2. The van der Waals surface area contributed by atoms with Gasteiger partial charge in [0.25, 0.3) is 5.91 Å². The van der Waals surface area contributed by atoms with Gasteiger partial charge in [0.05, 0.1) is 10.6 Å². The Hall–Kier alpha value is -1.66. The number of aromatic nitrogens is 1. The number of rotatable bonds is 4. The molecule has 22 heavy (non-hydrogen) atoms. The molecule has 0 spiro atoms. The molecule has 1 saturated heterocycles. The summed E-state index contributed by atoms with van der Waals surface area (Å²) in [5.41, 5.74) is 3.17. The maximum atomic E-state index is 12.3. The zero-order valence-corrected chi connectivity index (χ0v) is 14.0. The van der Waals surface area contributed by atoms with Gasteiger partial charge in [-0.05, 0) is 44.2 Å². The van der Waals surface area contributed by atoms with Gasteiger partial charge in [-0.25, -0.2) is 0 Å². The van der Waals surface area contributed by atoms with Crippen LogP contribution in [0.5, 0.6) is 0 Å². The average Bonchev–Trinajstić information content (AvgIpc) is 3.17. The molecule has 0 bridgehead atoms. The highest BCUT2D eigenvalue weighted by Gasteiger charge is 2.26. The maximum Gasteiger partial charge on any atom is 0.261 e. The molecule has 1 unspecified atom stereocenters. The first-order valence-corrected chi connectivity index (χ1v) is 8.41. The van der Waals surface area contributed by atoms with Crippen molar-refractivity contribution in [2.24, 2.45) is 0 Å². The first kappa shape index (κ1) is 15.2. The molecule has 3 heterocycles. The molecule has 6 heteroatoms. The lowest BCUT2D eigenvalue weighted by atomic mass is 10.2. The van der Waals surface area contributed by atoms with Crippen LogP contribution in [0.25, 0.3) is 0 Å². The van der Waals surface area contributed by atoms with E-state index in [0.717, 1.165) is 47.9 Å². The summed E-state index contributed by atoms with van der Waals surface area (Å²) in [7, 11) is 0. The normalized spacial score (nSPS) is 18.8. The third kappa shape index (κ3) is 3.08. The molecule has 1 amide bonds. The number of carbonyl (C=O) groups excluding carboxylic acids is 1. The van der Waals surface area contributed by atoms with Crippen molar-refractivity contribution in [3.63, 3.8) is 0 Å². The molecule has 0 radical (unpaired) electrons. The van der Waals surface area contributed by atoms with E-state index in [-0.39, 0.29) is 11.9 Å². The Kier molecular flexibility index (Phi) is 4.31. The number of carbonyl (C=O) groups is 1. The summed E-state index contributed by atoms with van der Waals surface area (Å²) in [5.74, 6) is 0.941. The number of nitrogens with zero attached hydrogens (tertiary/aromatic N) is 2. The fourth-order valence-corrected chi connectivity index (χ4v) is 3.73. The number of thiophene rings is 1. The predicted octanol–water partition coefficient (Wildman–Crippen LogP) is 2.67. The summed E-state index contributed by atoms with van der Waals surface area (Å²) in [6.45, 7) is 8.60. The smallest absolute Gasteiger partial charge is 0.261 e. The molecule has 3 rings (SSSR count). The van der Waals surface area contributed by atoms with Gasteiger partial charge < -0.3 is 9.84 Å². The van der Waals surface area contributed by atoms with Crippen molar-refractivity contribution in [1.29, 1.82) is 0 Å². The predicted molar refractivity (Wildman–Crippen MR) is 86.2 cm³/mol. The molecular formula is C16H21N3O2S. The largest absolute Gasteiger partial charge is 0.361 e. The van der Waals surface area contributed by atoms with Gasteiger partial charge in [-0.2, -0.15) is 0 Å². The van der Waals surface area contributed by atoms with Crippen molar-refractivity contribution < 1.29 is 9.32 Å². The monoisotopic (exact) mass is 319 g/mol. The lowest BCUT2D eigenvalue weighted by Crippen LogP contribution is -2.36. The minimum Gasteiger partial charge on any atom is -0.361 e. The van der Waals surface area contributed by atoms with Crippen molar-refractivity contribution in [3.05, 3.63) is 38.9 Å². The second-order valence-corrected chi connectivity index (χ2v) is 6.85. The van der Waals surface area contributed by atoms with E-state index in [1.807, 2.05) is 32.2 Å². The van der Waals surface area contributed by atoms with Gasteiger partial charge in [-0.3, -0.25) is 9.69 Å². The fourth-order valence-electron chi connectivity index (χ4n) is 2.90. The van der Waals surface area contributed by atoms with E-state index in [2.05, 4.69) is 15.4 Å². The molecule has 1 aliphatic heterocycles. The first-order chi connectivity index (χ1) is 10.5. The van der Waals surface area contributed by atoms with Gasteiger partial charge in [0.1, 0.15) is 5.76 Å². The van der Waals surface area contributed by atoms with E-state index < -0.39 is 0 Å². The highest BCUT2D eigenvalue weighted by atomic mass is 32.1. The van der Waals surface area contributed by atoms with Gasteiger partial charge in [-0.1, -0.05) is 5.16 Å². The van der Waals surface area contributed by atoms with Crippen LogP contribution >= 0.6 is 11.3 Å². The van der Waals surface area contributed by atoms with Crippen LogP contribution in [-0.4, -0.2) is 35.1 Å². The Bertz CT molecular complexity index is 657. The van der Waals surface area contributed by atoms with Crippen LogP contribution in [0, 0.1) is 20.8 Å². The van der Waals surface area contributed by atoms with Crippen LogP contribution in [-0.2, 0) is 6.54 Å². The number of nitrogens with one attached hydrogen (secondary N) is 1. The van der Waals surface area contributed by atoms with Crippen LogP contribution in [0.4, 0.5) is 0 Å². The maximum absolute atomic E-state index is 12.3. The molecule has 118 valence electrons. The number of hydrogen-bond acceptors (Lipinski definition) is 5. The van der Waals surface area contributed by atoms with E-state index in [1.165, 1.54) is 16.9 Å². The summed E-state index contributed by atoms with van der Waals surface area (Å²) in [6.07, 6.45) is 0.986. The summed E-state index contributed by atoms with van der Waals surface area (Å²) >= 11 is 1.50. The molecule has 2 aromatic heterocycles. The number of likely N-dealkylation sites (tertiary alicyclic amines) is 1. The van der Waals surface area contributed by atoms with Crippen molar-refractivity contribution in [3.8, 4) is 0 Å². The van der Waals surface area contributed by atoms with Gasteiger partial charge >= 0.3 is 0 Å². The van der Waals surface area contributed by atoms with Crippen LogP contribution in [0.3, 0.4) is 0 Å². The Morgan fingerprint density at radius 3 is 2.95 bits per heavy atom. The van der Waals surface area contributed by atoms with Crippen LogP contribution in [0.1, 0.15) is 38.7 Å². The van der Waals surface area contributed by atoms with E-state index in [0.29, 0.717) is 0 Å². The highest BCUT2D eigenvalue weighted by Crippen LogP contribution is 2.20. The SMILES string of the molecule is Cc1ccsc1C(=O)NC1CCN(Cc2c(C)noc2C)C1. The highest BCUT2D eigenvalue weighted by molar-refractivity contribution is 7.12. The minimum absolute atomic E-state index is 0.0525. The van der Waals surface area contributed by atoms with Crippen LogP contribution in [0.2, 0.25) is 0 Å². The summed E-state index contributed by atoms with van der Waals surface area (Å²) < 4.78 is 5.21. The molecule has 5 nitrogen and oxygen atoms in total. The standard InChI is InChI=1S/C16H21N3O2S/c1-10-5-7-22-15(10)16(20)17-13-4-6-19(8-13)9-14-11(2)18-21-12(14)3/h5,7,13H,4,6,8-9H2,1-3H3,(H,17,20). The summed E-state index contributed by atoms with van der Waals surface area (Å²) in [5, 5.41) is 9.11. The summed E-state index contributed by atoms with van der Waals surface area (Å²) in [4.78, 5) is 15.4. The van der Waals surface area contributed by atoms with Crippen LogP contribution < -0.4 is 5.32 Å². The van der Waals surface area contributed by atoms with E-state index in [1.54, 1.807) is 0 Å². The molecule has 1 N–H and O–H groups in total. The second kappa shape index (κ2) is 6.22. The average molecular weight is 319 g/mol. The molecule has 0 aliphatic carbocycles. The molecular weight excluding hydrogens is 298 g/mol. The van der Waals surface area contributed by atoms with Crippen molar-refractivity contribution in [2.45, 2.75) is 39.8 Å². The van der Waals surface area contributed by atoms with Gasteiger partial charge in [0.15, 0.2) is 0 Å². The van der Waals surface area contributed by atoms with Gasteiger partial charge in [0, 0.05) is 31.2 Å². The summed E-state index contributed by atoms with van der Waals surface area (Å²) in [6, 6.07) is 2.20. The Morgan fingerprint density at radius 1 is 1.50 bits per heavy atom. The molecule has 0 saturated carbocycles. The molecule has 2 aromatic rings.